The van der Waals surface area contributed by atoms with Gasteiger partial charge in [-0.3, -0.25) is 18.7 Å². The van der Waals surface area contributed by atoms with Gasteiger partial charge < -0.3 is 10.1 Å². The van der Waals surface area contributed by atoms with Crippen molar-refractivity contribution in [3.8, 4) is 5.75 Å². The van der Waals surface area contributed by atoms with Crippen LogP contribution in [0.25, 0.3) is 0 Å². The molecule has 1 aromatic heterocycles. The fourth-order valence-corrected chi connectivity index (χ4v) is 2.15. The number of aromatic nitrogens is 2. The van der Waals surface area contributed by atoms with Crippen LogP contribution in [-0.4, -0.2) is 21.6 Å². The molecule has 0 bridgehead atoms. The van der Waals surface area contributed by atoms with Crippen LogP contribution >= 0.6 is 0 Å². The van der Waals surface area contributed by atoms with E-state index in [1.165, 1.54) is 17.7 Å². The maximum Gasteiger partial charge on any atom is 0.330 e. The summed E-state index contributed by atoms with van der Waals surface area (Å²) in [6.07, 6.45) is 0. The molecule has 122 valence electrons. The molecule has 2 rings (SSSR count). The van der Waals surface area contributed by atoms with Crippen LogP contribution in [0.1, 0.15) is 23.0 Å². The topological polar surface area (TPSA) is 82.3 Å². The van der Waals surface area contributed by atoms with Crippen LogP contribution in [0.2, 0.25) is 0 Å². The first-order valence-corrected chi connectivity index (χ1v) is 7.21. The molecule has 0 atom stereocenters. The highest BCUT2D eigenvalue weighted by Gasteiger charge is 2.13. The SMILES string of the molecule is CCOc1ccccc1C(=O)NCc1cc(=O)n(C)c(=O)n1C. The Morgan fingerprint density at radius 3 is 2.57 bits per heavy atom. The third kappa shape index (κ3) is 3.50. The van der Waals surface area contributed by atoms with Crippen molar-refractivity contribution in [3.63, 3.8) is 0 Å². The monoisotopic (exact) mass is 317 g/mol. The van der Waals surface area contributed by atoms with Gasteiger partial charge in [0.05, 0.1) is 18.7 Å². The van der Waals surface area contributed by atoms with E-state index < -0.39 is 11.2 Å². The van der Waals surface area contributed by atoms with Gasteiger partial charge in [0, 0.05) is 25.9 Å². The van der Waals surface area contributed by atoms with Gasteiger partial charge in [-0.25, -0.2) is 4.79 Å². The largest absolute Gasteiger partial charge is 0.493 e. The van der Waals surface area contributed by atoms with Gasteiger partial charge in [0.1, 0.15) is 5.75 Å². The standard InChI is InChI=1S/C16H19N3O4/c1-4-23-13-8-6-5-7-12(13)15(21)17-10-11-9-14(20)19(3)16(22)18(11)2/h5-9H,4,10H2,1-3H3,(H,17,21). The van der Waals surface area contributed by atoms with Crippen molar-refractivity contribution in [1.29, 1.82) is 0 Å². The smallest absolute Gasteiger partial charge is 0.330 e. The Hall–Kier alpha value is -2.83. The molecule has 0 aliphatic heterocycles. The van der Waals surface area contributed by atoms with Crippen LogP contribution in [0, 0.1) is 0 Å². The fourth-order valence-electron chi connectivity index (χ4n) is 2.15. The normalized spacial score (nSPS) is 10.4. The van der Waals surface area contributed by atoms with Gasteiger partial charge in [-0.1, -0.05) is 12.1 Å². The Labute approximate surface area is 133 Å². The number of hydrogen-bond acceptors (Lipinski definition) is 4. The molecular formula is C16H19N3O4. The van der Waals surface area contributed by atoms with Gasteiger partial charge in [-0.05, 0) is 19.1 Å². The summed E-state index contributed by atoms with van der Waals surface area (Å²) >= 11 is 0. The Balaban J connectivity index is 2.21. The van der Waals surface area contributed by atoms with Crippen LogP contribution in [-0.2, 0) is 20.6 Å². The molecule has 0 aliphatic rings. The van der Waals surface area contributed by atoms with Crippen molar-refractivity contribution in [3.05, 3.63) is 62.4 Å². The summed E-state index contributed by atoms with van der Waals surface area (Å²) in [5.74, 6) is 0.160. The van der Waals surface area contributed by atoms with Crippen LogP contribution in [0.3, 0.4) is 0 Å². The summed E-state index contributed by atoms with van der Waals surface area (Å²) in [7, 11) is 2.96. The van der Waals surface area contributed by atoms with E-state index in [0.29, 0.717) is 23.6 Å². The highest BCUT2D eigenvalue weighted by molar-refractivity contribution is 5.96. The molecule has 2 aromatic rings. The maximum absolute atomic E-state index is 12.3. The van der Waals surface area contributed by atoms with Crippen LogP contribution in [0.5, 0.6) is 5.75 Å². The van der Waals surface area contributed by atoms with E-state index in [9.17, 15) is 14.4 Å². The first kappa shape index (κ1) is 16.5. The molecule has 0 unspecified atom stereocenters. The maximum atomic E-state index is 12.3. The third-order valence-corrected chi connectivity index (χ3v) is 3.49. The van der Waals surface area contributed by atoms with Crippen molar-refractivity contribution in [2.45, 2.75) is 13.5 Å². The lowest BCUT2D eigenvalue weighted by Crippen LogP contribution is -2.39. The molecule has 0 radical (unpaired) electrons. The molecule has 1 N–H and O–H groups in total. The molecule has 23 heavy (non-hydrogen) atoms. The number of hydrogen-bond donors (Lipinski definition) is 1. The molecule has 7 heteroatoms. The average Bonchev–Trinajstić information content (AvgIpc) is 2.55. The number of benzene rings is 1. The quantitative estimate of drug-likeness (QED) is 0.866. The van der Waals surface area contributed by atoms with E-state index >= 15 is 0 Å². The summed E-state index contributed by atoms with van der Waals surface area (Å²) in [4.78, 5) is 35.8. The molecule has 0 spiro atoms. The number of rotatable bonds is 5. The second kappa shape index (κ2) is 6.95. The van der Waals surface area contributed by atoms with Gasteiger partial charge in [0.2, 0.25) is 0 Å². The van der Waals surface area contributed by atoms with Crippen LogP contribution < -0.4 is 21.3 Å². The number of carbonyl (C=O) groups is 1. The van der Waals surface area contributed by atoms with E-state index in [4.69, 9.17) is 4.74 Å². The minimum atomic E-state index is -0.434. The molecule has 1 amide bonds. The van der Waals surface area contributed by atoms with E-state index in [2.05, 4.69) is 5.32 Å². The molecule has 1 heterocycles. The average molecular weight is 317 g/mol. The minimum Gasteiger partial charge on any atom is -0.493 e. The van der Waals surface area contributed by atoms with Gasteiger partial charge in [-0.15, -0.1) is 0 Å². The minimum absolute atomic E-state index is 0.0705. The van der Waals surface area contributed by atoms with Gasteiger partial charge in [0.15, 0.2) is 0 Å². The number of ether oxygens (including phenoxy) is 1. The van der Waals surface area contributed by atoms with Gasteiger partial charge in [-0.2, -0.15) is 0 Å². The van der Waals surface area contributed by atoms with Gasteiger partial charge >= 0.3 is 5.69 Å². The molecular weight excluding hydrogens is 298 g/mol. The first-order valence-electron chi connectivity index (χ1n) is 7.21. The Morgan fingerprint density at radius 1 is 1.17 bits per heavy atom. The molecule has 0 saturated heterocycles. The van der Waals surface area contributed by atoms with E-state index in [1.807, 2.05) is 6.92 Å². The number of carbonyl (C=O) groups excluding carboxylic acids is 1. The lowest BCUT2D eigenvalue weighted by molar-refractivity contribution is 0.0946. The van der Waals surface area contributed by atoms with Crippen LogP contribution in [0.4, 0.5) is 0 Å². The van der Waals surface area contributed by atoms with E-state index in [0.717, 1.165) is 4.57 Å². The molecule has 7 nitrogen and oxygen atoms in total. The number of nitrogens with one attached hydrogen (secondary N) is 1. The molecule has 1 aromatic carbocycles. The number of amides is 1. The Kier molecular flexibility index (Phi) is 5.00. The Morgan fingerprint density at radius 2 is 1.87 bits per heavy atom. The predicted molar refractivity (Wildman–Crippen MR) is 85.7 cm³/mol. The van der Waals surface area contributed by atoms with Crippen LogP contribution in [0.15, 0.2) is 39.9 Å². The summed E-state index contributed by atoms with van der Waals surface area (Å²) < 4.78 is 7.76. The summed E-state index contributed by atoms with van der Waals surface area (Å²) in [6, 6.07) is 8.23. The molecule has 0 fully saturated rings. The van der Waals surface area contributed by atoms with Crippen molar-refractivity contribution in [2.75, 3.05) is 6.61 Å². The highest BCUT2D eigenvalue weighted by Crippen LogP contribution is 2.17. The first-order chi connectivity index (χ1) is 11.0. The van der Waals surface area contributed by atoms with Crippen molar-refractivity contribution < 1.29 is 9.53 Å². The lowest BCUT2D eigenvalue weighted by Gasteiger charge is -2.12. The third-order valence-electron chi connectivity index (χ3n) is 3.49. The second-order valence-electron chi connectivity index (χ2n) is 4.99. The molecule has 0 aliphatic carbocycles. The van der Waals surface area contributed by atoms with E-state index in [-0.39, 0.29) is 12.5 Å². The highest BCUT2D eigenvalue weighted by atomic mass is 16.5. The summed E-state index contributed by atoms with van der Waals surface area (Å²) in [5, 5.41) is 2.70. The summed E-state index contributed by atoms with van der Waals surface area (Å²) in [5.41, 5.74) is -0.00736. The Bertz CT molecular complexity index is 836. The summed E-state index contributed by atoms with van der Waals surface area (Å²) in [6.45, 7) is 2.36. The second-order valence-corrected chi connectivity index (χ2v) is 4.99. The zero-order valence-corrected chi connectivity index (χ0v) is 13.3. The molecule has 0 saturated carbocycles. The van der Waals surface area contributed by atoms with E-state index in [1.54, 1.807) is 31.3 Å². The number of nitrogens with zero attached hydrogens (tertiary/aromatic N) is 2. The lowest BCUT2D eigenvalue weighted by atomic mass is 10.2. The zero-order valence-electron chi connectivity index (χ0n) is 13.3. The number of para-hydroxylation sites is 1. The van der Waals surface area contributed by atoms with Gasteiger partial charge in [0.25, 0.3) is 11.5 Å². The fraction of sp³-hybridized carbons (Fsp3) is 0.312. The predicted octanol–water partition coefficient (Wildman–Crippen LogP) is 0.413. The van der Waals surface area contributed by atoms with Crippen molar-refractivity contribution in [1.82, 2.24) is 14.5 Å². The van der Waals surface area contributed by atoms with Crippen molar-refractivity contribution >= 4 is 5.91 Å². The van der Waals surface area contributed by atoms with Crippen molar-refractivity contribution in [2.24, 2.45) is 14.1 Å². The zero-order chi connectivity index (χ0) is 17.0.